The van der Waals surface area contributed by atoms with E-state index in [1.54, 1.807) is 6.33 Å². The molecule has 0 amide bonds. The molecule has 152 valence electrons. The predicted molar refractivity (Wildman–Crippen MR) is 95.4 cm³/mol. The van der Waals surface area contributed by atoms with Crippen molar-refractivity contribution in [1.82, 2.24) is 24.7 Å². The molecule has 0 atom stereocenters. The maximum atomic E-state index is 10.6. The Balaban J connectivity index is 0.000000298. The molecule has 29 heavy (non-hydrogen) atoms. The van der Waals surface area contributed by atoms with Crippen molar-refractivity contribution in [2.75, 3.05) is 0 Å². The van der Waals surface area contributed by atoms with Crippen molar-refractivity contribution in [3.05, 3.63) is 31.0 Å². The van der Waals surface area contributed by atoms with E-state index in [4.69, 9.17) is 15.2 Å². The molecule has 0 bridgehead atoms. The Morgan fingerprint density at radius 2 is 1.97 bits per heavy atom. The molecule has 3 aromatic heterocycles. The number of aromatic amines is 1. The third-order valence-electron chi connectivity index (χ3n) is 4.72. The van der Waals surface area contributed by atoms with Crippen molar-refractivity contribution < 1.29 is 23.1 Å². The van der Waals surface area contributed by atoms with E-state index in [1.807, 2.05) is 23.1 Å². The zero-order valence-electron chi connectivity index (χ0n) is 15.1. The van der Waals surface area contributed by atoms with Gasteiger partial charge in [0, 0.05) is 29.3 Å². The highest BCUT2D eigenvalue weighted by molar-refractivity contribution is 5.89. The van der Waals surface area contributed by atoms with Gasteiger partial charge in [-0.15, -0.1) is 0 Å². The van der Waals surface area contributed by atoms with Crippen LogP contribution in [0.2, 0.25) is 0 Å². The number of hydrogen-bond donors (Lipinski definition) is 2. The first-order valence-corrected chi connectivity index (χ1v) is 8.82. The topological polar surface area (TPSA) is 120 Å². The van der Waals surface area contributed by atoms with E-state index in [9.17, 15) is 13.2 Å². The Morgan fingerprint density at radius 1 is 1.28 bits per heavy atom. The fraction of sp³-hybridized carbons (Fsp3) is 0.389. The third-order valence-corrected chi connectivity index (χ3v) is 4.72. The van der Waals surface area contributed by atoms with Crippen molar-refractivity contribution in [2.24, 2.45) is 5.92 Å². The SMILES string of the molecule is N#C[C@H]1CC[C@@H](n2cc(-c3ncnc4[nH]ccc34)cn2)CC1.O=C(O)C(F)(F)F. The van der Waals surface area contributed by atoms with Gasteiger partial charge >= 0.3 is 12.1 Å². The van der Waals surface area contributed by atoms with Crippen LogP contribution in [0.1, 0.15) is 31.7 Å². The average Bonchev–Trinajstić information content (AvgIpc) is 3.37. The summed E-state index contributed by atoms with van der Waals surface area (Å²) in [6.07, 6.45) is 6.25. The first-order valence-electron chi connectivity index (χ1n) is 8.82. The minimum Gasteiger partial charge on any atom is -0.475 e. The van der Waals surface area contributed by atoms with Crippen LogP contribution in [0.15, 0.2) is 31.0 Å². The second-order valence-corrected chi connectivity index (χ2v) is 6.61. The molecular weight excluding hydrogens is 389 g/mol. The van der Waals surface area contributed by atoms with Crippen molar-refractivity contribution in [2.45, 2.75) is 37.9 Å². The van der Waals surface area contributed by atoms with Crippen LogP contribution in [-0.4, -0.2) is 42.0 Å². The molecular formula is C18H17F3N6O2. The minimum absolute atomic E-state index is 0.215. The number of aliphatic carboxylic acids is 1. The number of H-pyrrole nitrogens is 1. The highest BCUT2D eigenvalue weighted by atomic mass is 19.4. The average molecular weight is 406 g/mol. The summed E-state index contributed by atoms with van der Waals surface area (Å²) in [4.78, 5) is 20.6. The number of carbonyl (C=O) groups is 1. The summed E-state index contributed by atoms with van der Waals surface area (Å²) in [5.74, 6) is -2.54. The Labute approximate surface area is 163 Å². The Kier molecular flexibility index (Phi) is 5.81. The molecule has 0 unspecified atom stereocenters. The van der Waals surface area contributed by atoms with Crippen LogP contribution in [0.3, 0.4) is 0 Å². The van der Waals surface area contributed by atoms with Gasteiger partial charge in [0.05, 0.1) is 24.0 Å². The van der Waals surface area contributed by atoms with Crippen molar-refractivity contribution in [3.8, 4) is 17.3 Å². The number of alkyl halides is 3. The van der Waals surface area contributed by atoms with E-state index in [2.05, 4.69) is 32.3 Å². The van der Waals surface area contributed by atoms with Crippen LogP contribution >= 0.6 is 0 Å². The Bertz CT molecular complexity index is 1030. The number of halogens is 3. The fourth-order valence-corrected chi connectivity index (χ4v) is 3.23. The largest absolute Gasteiger partial charge is 0.490 e. The van der Waals surface area contributed by atoms with Gasteiger partial charge in [-0.2, -0.15) is 23.5 Å². The summed E-state index contributed by atoms with van der Waals surface area (Å²) in [6, 6.07) is 4.75. The lowest BCUT2D eigenvalue weighted by atomic mass is 9.87. The van der Waals surface area contributed by atoms with E-state index < -0.39 is 12.1 Å². The first kappa shape index (κ1) is 20.3. The fourth-order valence-electron chi connectivity index (χ4n) is 3.23. The van der Waals surface area contributed by atoms with Gasteiger partial charge < -0.3 is 10.1 Å². The van der Waals surface area contributed by atoms with Crippen LogP contribution in [-0.2, 0) is 4.79 Å². The van der Waals surface area contributed by atoms with Crippen molar-refractivity contribution >= 4 is 17.0 Å². The quantitative estimate of drug-likeness (QED) is 0.669. The second-order valence-electron chi connectivity index (χ2n) is 6.61. The maximum Gasteiger partial charge on any atom is 0.490 e. The lowest BCUT2D eigenvalue weighted by Gasteiger charge is -2.24. The molecule has 1 saturated carbocycles. The summed E-state index contributed by atoms with van der Waals surface area (Å²) in [6.45, 7) is 0. The Morgan fingerprint density at radius 3 is 2.59 bits per heavy atom. The standard InChI is InChI=1S/C16H16N6.C2HF3O2/c17-7-11-1-3-13(4-2-11)22-9-12(8-21-22)15-14-5-6-18-16(14)20-10-19-15;3-2(4,5)1(6)7/h5-6,8-11,13H,1-4H2,(H,18,19,20);(H,6,7)/t11-,13+;. The van der Waals surface area contributed by atoms with Gasteiger partial charge in [0.15, 0.2) is 0 Å². The molecule has 0 aliphatic heterocycles. The molecule has 1 aliphatic rings. The number of nitrogens with zero attached hydrogens (tertiary/aromatic N) is 5. The molecule has 0 saturated heterocycles. The lowest BCUT2D eigenvalue weighted by Crippen LogP contribution is -2.21. The molecule has 3 heterocycles. The molecule has 1 aliphatic carbocycles. The number of carboxylic acid groups (broad SMARTS) is 1. The normalized spacial score (nSPS) is 19.2. The summed E-state index contributed by atoms with van der Waals surface area (Å²) >= 11 is 0. The van der Waals surface area contributed by atoms with Gasteiger partial charge in [0.1, 0.15) is 12.0 Å². The lowest BCUT2D eigenvalue weighted by molar-refractivity contribution is -0.192. The van der Waals surface area contributed by atoms with Crippen LogP contribution in [0, 0.1) is 17.2 Å². The van der Waals surface area contributed by atoms with Crippen LogP contribution in [0.25, 0.3) is 22.3 Å². The van der Waals surface area contributed by atoms with Crippen LogP contribution in [0.5, 0.6) is 0 Å². The molecule has 1 fully saturated rings. The summed E-state index contributed by atoms with van der Waals surface area (Å²) in [5.41, 5.74) is 2.75. The maximum absolute atomic E-state index is 10.6. The predicted octanol–water partition coefficient (Wildman–Crippen LogP) is 3.71. The molecule has 11 heteroatoms. The number of aromatic nitrogens is 5. The van der Waals surface area contributed by atoms with Gasteiger partial charge in [-0.1, -0.05) is 0 Å². The molecule has 3 aromatic rings. The van der Waals surface area contributed by atoms with Crippen molar-refractivity contribution in [1.29, 1.82) is 5.26 Å². The van der Waals surface area contributed by atoms with E-state index >= 15 is 0 Å². The Hall–Kier alpha value is -3.42. The van der Waals surface area contributed by atoms with Crippen molar-refractivity contribution in [3.63, 3.8) is 0 Å². The second kappa shape index (κ2) is 8.30. The van der Waals surface area contributed by atoms with Gasteiger partial charge in [-0.05, 0) is 31.7 Å². The summed E-state index contributed by atoms with van der Waals surface area (Å²) in [7, 11) is 0. The summed E-state index contributed by atoms with van der Waals surface area (Å²) in [5, 5.41) is 21.6. The van der Waals surface area contributed by atoms with E-state index in [0.717, 1.165) is 48.0 Å². The van der Waals surface area contributed by atoms with E-state index in [1.165, 1.54) is 0 Å². The molecule has 0 spiro atoms. The van der Waals surface area contributed by atoms with Gasteiger partial charge in [-0.25, -0.2) is 14.8 Å². The smallest absolute Gasteiger partial charge is 0.475 e. The number of nitrogens with one attached hydrogen (secondary N) is 1. The van der Waals surface area contributed by atoms with E-state index in [-0.39, 0.29) is 5.92 Å². The number of rotatable bonds is 2. The number of fused-ring (bicyclic) bond motifs is 1. The van der Waals surface area contributed by atoms with Gasteiger partial charge in [-0.3, -0.25) is 4.68 Å². The molecule has 8 nitrogen and oxygen atoms in total. The van der Waals surface area contributed by atoms with E-state index in [0.29, 0.717) is 6.04 Å². The molecule has 0 radical (unpaired) electrons. The minimum atomic E-state index is -5.08. The number of hydrogen-bond acceptors (Lipinski definition) is 5. The zero-order chi connectivity index (χ0) is 21.0. The van der Waals surface area contributed by atoms with Crippen LogP contribution in [0.4, 0.5) is 13.2 Å². The number of carboxylic acids is 1. The first-order chi connectivity index (χ1) is 13.8. The third kappa shape index (κ3) is 4.71. The zero-order valence-corrected chi connectivity index (χ0v) is 15.1. The molecule has 0 aromatic carbocycles. The highest BCUT2D eigenvalue weighted by Crippen LogP contribution is 2.33. The molecule has 4 rings (SSSR count). The van der Waals surface area contributed by atoms with Crippen LogP contribution < -0.4 is 0 Å². The summed E-state index contributed by atoms with van der Waals surface area (Å²) < 4.78 is 33.8. The number of nitriles is 1. The van der Waals surface area contributed by atoms with Gasteiger partial charge in [0.2, 0.25) is 0 Å². The highest BCUT2D eigenvalue weighted by Gasteiger charge is 2.38. The van der Waals surface area contributed by atoms with Gasteiger partial charge in [0.25, 0.3) is 0 Å². The monoisotopic (exact) mass is 406 g/mol. The molecule has 2 N–H and O–H groups in total.